The van der Waals surface area contributed by atoms with Crippen molar-refractivity contribution in [2.45, 2.75) is 43.6 Å². The lowest BCUT2D eigenvalue weighted by atomic mass is 10.0. The molecule has 1 aromatic rings. The van der Waals surface area contributed by atoms with Crippen molar-refractivity contribution >= 4 is 15.9 Å². The van der Waals surface area contributed by atoms with Crippen LogP contribution in [0.5, 0.6) is 0 Å². The molecule has 2 aliphatic heterocycles. The Morgan fingerprint density at radius 2 is 2.16 bits per heavy atom. The summed E-state index contributed by atoms with van der Waals surface area (Å²) in [6.07, 6.45) is 3.95. The molecular formula is C18H26N2O4S. The molecule has 0 bridgehead atoms. The number of piperidine rings is 1. The van der Waals surface area contributed by atoms with E-state index in [0.717, 1.165) is 32.3 Å². The van der Waals surface area contributed by atoms with Crippen molar-refractivity contribution in [3.05, 3.63) is 29.8 Å². The van der Waals surface area contributed by atoms with Gasteiger partial charge in [-0.05, 0) is 49.8 Å². The second-order valence-electron chi connectivity index (χ2n) is 6.98. The number of benzene rings is 1. The molecule has 2 aliphatic rings. The number of sulfonamides is 1. The van der Waals surface area contributed by atoms with Crippen LogP contribution in [0.1, 0.15) is 43.0 Å². The first kappa shape index (κ1) is 18.4. The van der Waals surface area contributed by atoms with Gasteiger partial charge in [-0.25, -0.2) is 8.42 Å². The molecule has 0 aromatic heterocycles. The highest BCUT2D eigenvalue weighted by molar-refractivity contribution is 7.89. The third-order valence-corrected chi connectivity index (χ3v) is 6.73. The summed E-state index contributed by atoms with van der Waals surface area (Å²) in [6.45, 7) is 4.35. The molecule has 2 fully saturated rings. The normalized spacial score (nSPS) is 25.0. The van der Waals surface area contributed by atoms with Gasteiger partial charge in [0.25, 0.3) is 5.91 Å². The van der Waals surface area contributed by atoms with Gasteiger partial charge in [0.1, 0.15) is 0 Å². The van der Waals surface area contributed by atoms with Crippen LogP contribution >= 0.6 is 0 Å². The molecule has 3 rings (SSSR count). The quantitative estimate of drug-likeness (QED) is 0.865. The zero-order chi connectivity index (χ0) is 17.9. The maximum Gasteiger partial charge on any atom is 0.251 e. The number of hydrogen-bond acceptors (Lipinski definition) is 4. The summed E-state index contributed by atoms with van der Waals surface area (Å²) >= 11 is 0. The Kier molecular flexibility index (Phi) is 5.76. The van der Waals surface area contributed by atoms with Crippen LogP contribution in [0.25, 0.3) is 0 Å². The highest BCUT2D eigenvalue weighted by Gasteiger charge is 2.29. The molecule has 0 saturated carbocycles. The average molecular weight is 366 g/mol. The average Bonchev–Trinajstić information content (AvgIpc) is 3.13. The van der Waals surface area contributed by atoms with Crippen LogP contribution in [0.2, 0.25) is 0 Å². The highest BCUT2D eigenvalue weighted by Crippen LogP contribution is 2.24. The first-order valence-corrected chi connectivity index (χ1v) is 10.4. The molecule has 1 aromatic carbocycles. The molecule has 138 valence electrons. The van der Waals surface area contributed by atoms with Gasteiger partial charge in [0.2, 0.25) is 10.0 Å². The van der Waals surface area contributed by atoms with Crippen molar-refractivity contribution in [2.24, 2.45) is 5.92 Å². The molecule has 0 aliphatic carbocycles. The number of ether oxygens (including phenoxy) is 1. The minimum Gasteiger partial charge on any atom is -0.376 e. The maximum atomic E-state index is 12.8. The van der Waals surface area contributed by atoms with Gasteiger partial charge >= 0.3 is 0 Å². The molecule has 6 nitrogen and oxygen atoms in total. The second kappa shape index (κ2) is 7.85. The van der Waals surface area contributed by atoms with Crippen molar-refractivity contribution in [2.75, 3.05) is 26.2 Å². The lowest BCUT2D eigenvalue weighted by Gasteiger charge is -2.30. The standard InChI is InChI=1S/C18H26N2O4S/c1-14-5-3-9-20(13-14)25(22,23)17-8-2-6-15(11-17)18(21)19-12-16-7-4-10-24-16/h2,6,8,11,14,16H,3-5,7,9-10,12-13H2,1H3,(H,19,21)/t14-,16-/m1/s1. The number of carbonyl (C=O) groups is 1. The first-order chi connectivity index (χ1) is 12.0. The zero-order valence-electron chi connectivity index (χ0n) is 14.6. The lowest BCUT2D eigenvalue weighted by molar-refractivity contribution is 0.0857. The molecule has 2 atom stereocenters. The van der Waals surface area contributed by atoms with E-state index in [4.69, 9.17) is 4.74 Å². The van der Waals surface area contributed by atoms with Gasteiger partial charge in [0, 0.05) is 31.8 Å². The number of hydrogen-bond donors (Lipinski definition) is 1. The molecule has 2 heterocycles. The number of carbonyl (C=O) groups excluding carboxylic acids is 1. The number of amides is 1. The van der Waals surface area contributed by atoms with Crippen molar-refractivity contribution in [3.63, 3.8) is 0 Å². The van der Waals surface area contributed by atoms with E-state index in [0.29, 0.717) is 31.1 Å². The van der Waals surface area contributed by atoms with E-state index >= 15 is 0 Å². The van der Waals surface area contributed by atoms with E-state index in [1.807, 2.05) is 0 Å². The number of nitrogens with zero attached hydrogens (tertiary/aromatic N) is 1. The van der Waals surface area contributed by atoms with Crippen molar-refractivity contribution in [1.82, 2.24) is 9.62 Å². The summed E-state index contributed by atoms with van der Waals surface area (Å²) in [7, 11) is -3.55. The highest BCUT2D eigenvalue weighted by atomic mass is 32.2. The summed E-state index contributed by atoms with van der Waals surface area (Å²) in [4.78, 5) is 12.5. The summed E-state index contributed by atoms with van der Waals surface area (Å²) in [5, 5.41) is 2.83. The monoisotopic (exact) mass is 366 g/mol. The largest absolute Gasteiger partial charge is 0.376 e. The van der Waals surface area contributed by atoms with Gasteiger partial charge in [-0.3, -0.25) is 4.79 Å². The van der Waals surface area contributed by atoms with Gasteiger partial charge in [-0.1, -0.05) is 13.0 Å². The Bertz CT molecular complexity index is 714. The summed E-state index contributed by atoms with van der Waals surface area (Å²) in [6, 6.07) is 6.30. The Balaban J connectivity index is 1.70. The summed E-state index contributed by atoms with van der Waals surface area (Å²) < 4.78 is 32.7. The summed E-state index contributed by atoms with van der Waals surface area (Å²) in [5.41, 5.74) is 0.365. The molecular weight excluding hydrogens is 340 g/mol. The molecule has 1 N–H and O–H groups in total. The first-order valence-electron chi connectivity index (χ1n) is 8.97. The fourth-order valence-electron chi connectivity index (χ4n) is 3.43. The van der Waals surface area contributed by atoms with Gasteiger partial charge in [-0.15, -0.1) is 0 Å². The van der Waals surface area contributed by atoms with Gasteiger partial charge in [0.05, 0.1) is 11.0 Å². The molecule has 0 radical (unpaired) electrons. The van der Waals surface area contributed by atoms with E-state index in [2.05, 4.69) is 12.2 Å². The zero-order valence-corrected chi connectivity index (χ0v) is 15.4. The predicted molar refractivity (Wildman–Crippen MR) is 94.9 cm³/mol. The maximum absolute atomic E-state index is 12.8. The van der Waals surface area contributed by atoms with E-state index < -0.39 is 10.0 Å². The molecule has 25 heavy (non-hydrogen) atoms. The Morgan fingerprint density at radius 1 is 1.32 bits per heavy atom. The molecule has 0 spiro atoms. The van der Waals surface area contributed by atoms with Crippen molar-refractivity contribution in [3.8, 4) is 0 Å². The third kappa shape index (κ3) is 4.40. The van der Waals surface area contributed by atoms with E-state index in [1.54, 1.807) is 18.2 Å². The van der Waals surface area contributed by atoms with E-state index in [-0.39, 0.29) is 16.9 Å². The van der Waals surface area contributed by atoms with Gasteiger partial charge in [0.15, 0.2) is 0 Å². The minimum atomic E-state index is -3.55. The van der Waals surface area contributed by atoms with Crippen LogP contribution < -0.4 is 5.32 Å². The second-order valence-corrected chi connectivity index (χ2v) is 8.92. The Hall–Kier alpha value is -1.44. The fourth-order valence-corrected chi connectivity index (χ4v) is 5.07. The topological polar surface area (TPSA) is 75.7 Å². The molecule has 7 heteroatoms. The lowest BCUT2D eigenvalue weighted by Crippen LogP contribution is -2.39. The number of nitrogens with one attached hydrogen (secondary N) is 1. The van der Waals surface area contributed by atoms with Crippen molar-refractivity contribution in [1.29, 1.82) is 0 Å². The minimum absolute atomic E-state index is 0.0608. The smallest absolute Gasteiger partial charge is 0.251 e. The molecule has 0 unspecified atom stereocenters. The Labute approximate surface area is 149 Å². The fraction of sp³-hybridized carbons (Fsp3) is 0.611. The Morgan fingerprint density at radius 3 is 2.88 bits per heavy atom. The third-order valence-electron chi connectivity index (χ3n) is 4.87. The van der Waals surface area contributed by atoms with Crippen LogP contribution in [-0.2, 0) is 14.8 Å². The predicted octanol–water partition coefficient (Wildman–Crippen LogP) is 2.02. The van der Waals surface area contributed by atoms with E-state index in [9.17, 15) is 13.2 Å². The van der Waals surface area contributed by atoms with E-state index in [1.165, 1.54) is 10.4 Å². The number of rotatable bonds is 5. The van der Waals surface area contributed by atoms with Crippen LogP contribution in [0.15, 0.2) is 29.2 Å². The SMILES string of the molecule is C[C@@H]1CCCN(S(=O)(=O)c2cccc(C(=O)NC[C@H]3CCCO3)c2)C1. The molecule has 2 saturated heterocycles. The van der Waals surface area contributed by atoms with Crippen LogP contribution in [0.3, 0.4) is 0 Å². The molecule has 1 amide bonds. The summed E-state index contributed by atoms with van der Waals surface area (Å²) in [5.74, 6) is 0.0981. The van der Waals surface area contributed by atoms with Crippen molar-refractivity contribution < 1.29 is 17.9 Å². The van der Waals surface area contributed by atoms with Crippen LogP contribution in [0, 0.1) is 5.92 Å². The van der Waals surface area contributed by atoms with Gasteiger partial charge in [-0.2, -0.15) is 4.31 Å². The van der Waals surface area contributed by atoms with Crippen LogP contribution in [0.4, 0.5) is 0 Å². The van der Waals surface area contributed by atoms with Gasteiger partial charge < -0.3 is 10.1 Å². The van der Waals surface area contributed by atoms with Crippen LogP contribution in [-0.4, -0.2) is 51.0 Å².